The minimum Gasteiger partial charge on any atom is -0.353 e. The number of rotatable bonds is 6. The minimum atomic E-state index is 0.137. The molecule has 1 N–H and O–H groups in total. The summed E-state index contributed by atoms with van der Waals surface area (Å²) in [6.07, 6.45) is 7.15. The van der Waals surface area contributed by atoms with Crippen molar-refractivity contribution in [1.82, 2.24) is 10.2 Å². The van der Waals surface area contributed by atoms with Gasteiger partial charge in [-0.3, -0.25) is 9.69 Å². The van der Waals surface area contributed by atoms with Gasteiger partial charge in [-0.25, -0.2) is 0 Å². The van der Waals surface area contributed by atoms with Crippen molar-refractivity contribution in [2.75, 3.05) is 31.6 Å². The predicted molar refractivity (Wildman–Crippen MR) is 90.6 cm³/mol. The molecule has 1 aliphatic rings. The summed E-state index contributed by atoms with van der Waals surface area (Å²) in [5.41, 5.74) is 1.31. The number of nitrogens with one attached hydrogen (secondary N) is 1. The number of likely N-dealkylation sites (tertiary alicyclic amines) is 1. The summed E-state index contributed by atoms with van der Waals surface area (Å²) in [6.45, 7) is 2.99. The Balaban J connectivity index is 2.04. The van der Waals surface area contributed by atoms with Crippen molar-refractivity contribution in [3.05, 3.63) is 35.9 Å². The maximum atomic E-state index is 11.8. The molecule has 1 aromatic carbocycles. The van der Waals surface area contributed by atoms with E-state index in [9.17, 15) is 4.79 Å². The van der Waals surface area contributed by atoms with Crippen molar-refractivity contribution >= 4 is 17.7 Å². The lowest BCUT2D eigenvalue weighted by atomic mass is 10.0. The third-order valence-corrected chi connectivity index (χ3v) is 4.58. The molecule has 1 aliphatic heterocycles. The van der Waals surface area contributed by atoms with E-state index in [1.165, 1.54) is 31.2 Å². The van der Waals surface area contributed by atoms with Crippen LogP contribution in [0, 0.1) is 0 Å². The second-order valence-corrected chi connectivity index (χ2v) is 6.48. The maximum Gasteiger partial charge on any atom is 0.230 e. The Labute approximate surface area is 132 Å². The number of nitrogens with zero attached hydrogens (tertiary/aromatic N) is 1. The number of thioether (sulfide) groups is 1. The third-order valence-electron chi connectivity index (χ3n) is 4.03. The lowest BCUT2D eigenvalue weighted by Gasteiger charge is -2.31. The largest absolute Gasteiger partial charge is 0.353 e. The molecular formula is C17H26N2OS. The first-order chi connectivity index (χ1) is 10.3. The summed E-state index contributed by atoms with van der Waals surface area (Å²) < 4.78 is 0. The van der Waals surface area contributed by atoms with Crippen LogP contribution in [0.2, 0.25) is 0 Å². The van der Waals surface area contributed by atoms with E-state index in [4.69, 9.17) is 0 Å². The Kier molecular flexibility index (Phi) is 7.10. The standard InChI is InChI=1S/C17H26N2OS/c1-21-14-17(20)18-13-16(15-9-5-4-6-10-15)19-11-7-2-3-8-12-19/h4-6,9-10,16H,2-3,7-8,11-14H2,1H3,(H,18,20). The Morgan fingerprint density at radius 2 is 1.86 bits per heavy atom. The molecule has 0 bridgehead atoms. The van der Waals surface area contributed by atoms with Gasteiger partial charge in [0.05, 0.1) is 11.8 Å². The fraction of sp³-hybridized carbons (Fsp3) is 0.588. The molecule has 4 heteroatoms. The van der Waals surface area contributed by atoms with Gasteiger partial charge >= 0.3 is 0 Å². The first-order valence-corrected chi connectivity index (χ1v) is 9.25. The smallest absolute Gasteiger partial charge is 0.230 e. The van der Waals surface area contributed by atoms with E-state index in [2.05, 4.69) is 40.5 Å². The Bertz CT molecular complexity index is 416. The summed E-state index contributed by atoms with van der Waals surface area (Å²) in [5.74, 6) is 0.680. The van der Waals surface area contributed by atoms with Crippen molar-refractivity contribution in [2.45, 2.75) is 31.7 Å². The molecule has 21 heavy (non-hydrogen) atoms. The zero-order valence-electron chi connectivity index (χ0n) is 12.9. The molecule has 3 nitrogen and oxygen atoms in total. The van der Waals surface area contributed by atoms with E-state index < -0.39 is 0 Å². The first-order valence-electron chi connectivity index (χ1n) is 7.86. The van der Waals surface area contributed by atoms with Crippen LogP contribution in [0.5, 0.6) is 0 Å². The molecule has 0 saturated carbocycles. The number of amides is 1. The predicted octanol–water partition coefficient (Wildman–Crippen LogP) is 3.08. The molecule has 2 rings (SSSR count). The van der Waals surface area contributed by atoms with E-state index in [1.54, 1.807) is 11.8 Å². The minimum absolute atomic E-state index is 0.137. The van der Waals surface area contributed by atoms with Crippen molar-refractivity contribution in [2.24, 2.45) is 0 Å². The number of benzene rings is 1. The van der Waals surface area contributed by atoms with Crippen LogP contribution in [0.15, 0.2) is 30.3 Å². The van der Waals surface area contributed by atoms with Crippen LogP contribution in [-0.2, 0) is 4.79 Å². The van der Waals surface area contributed by atoms with Crippen LogP contribution < -0.4 is 5.32 Å². The Morgan fingerprint density at radius 3 is 2.48 bits per heavy atom. The quantitative estimate of drug-likeness (QED) is 0.876. The van der Waals surface area contributed by atoms with E-state index in [0.29, 0.717) is 18.3 Å². The molecule has 1 saturated heterocycles. The molecule has 0 aliphatic carbocycles. The Morgan fingerprint density at radius 1 is 1.19 bits per heavy atom. The summed E-state index contributed by atoms with van der Waals surface area (Å²) >= 11 is 1.57. The molecule has 1 atom stereocenters. The van der Waals surface area contributed by atoms with Crippen molar-refractivity contribution in [3.8, 4) is 0 Å². The second-order valence-electron chi connectivity index (χ2n) is 5.61. The first kappa shape index (κ1) is 16.4. The number of hydrogen-bond donors (Lipinski definition) is 1. The molecule has 1 fully saturated rings. The van der Waals surface area contributed by atoms with Gasteiger partial charge in [-0.15, -0.1) is 0 Å². The zero-order valence-corrected chi connectivity index (χ0v) is 13.7. The molecule has 0 aromatic heterocycles. The SMILES string of the molecule is CSCC(=O)NCC(c1ccccc1)N1CCCCCC1. The van der Waals surface area contributed by atoms with Gasteiger partial charge in [0.25, 0.3) is 0 Å². The monoisotopic (exact) mass is 306 g/mol. The molecule has 0 radical (unpaired) electrons. The summed E-state index contributed by atoms with van der Waals surface area (Å²) in [5, 5.41) is 3.10. The average molecular weight is 306 g/mol. The van der Waals surface area contributed by atoms with Gasteiger partial charge in [0.15, 0.2) is 0 Å². The van der Waals surface area contributed by atoms with Crippen LogP contribution >= 0.6 is 11.8 Å². The Hall–Kier alpha value is -1.00. The van der Waals surface area contributed by atoms with Crippen LogP contribution in [0.1, 0.15) is 37.3 Å². The van der Waals surface area contributed by atoms with Crippen molar-refractivity contribution in [3.63, 3.8) is 0 Å². The second kappa shape index (κ2) is 9.11. The molecule has 1 unspecified atom stereocenters. The maximum absolute atomic E-state index is 11.8. The highest BCUT2D eigenvalue weighted by Gasteiger charge is 2.21. The highest BCUT2D eigenvalue weighted by molar-refractivity contribution is 7.99. The number of carbonyl (C=O) groups is 1. The van der Waals surface area contributed by atoms with E-state index >= 15 is 0 Å². The van der Waals surface area contributed by atoms with Gasteiger partial charge in [-0.2, -0.15) is 11.8 Å². The van der Waals surface area contributed by atoms with Gasteiger partial charge in [-0.05, 0) is 37.8 Å². The third kappa shape index (κ3) is 5.36. The van der Waals surface area contributed by atoms with Crippen molar-refractivity contribution < 1.29 is 4.79 Å². The fourth-order valence-corrected chi connectivity index (χ4v) is 3.30. The van der Waals surface area contributed by atoms with Crippen LogP contribution in [0.3, 0.4) is 0 Å². The molecular weight excluding hydrogens is 280 g/mol. The van der Waals surface area contributed by atoms with E-state index in [-0.39, 0.29) is 5.91 Å². The average Bonchev–Trinajstić information content (AvgIpc) is 2.78. The topological polar surface area (TPSA) is 32.3 Å². The van der Waals surface area contributed by atoms with Gasteiger partial charge in [0.1, 0.15) is 0 Å². The van der Waals surface area contributed by atoms with E-state index in [1.807, 2.05) is 6.26 Å². The summed E-state index contributed by atoms with van der Waals surface area (Å²) in [7, 11) is 0. The van der Waals surface area contributed by atoms with Crippen LogP contribution in [-0.4, -0.2) is 42.4 Å². The molecule has 1 heterocycles. The van der Waals surface area contributed by atoms with Gasteiger partial charge < -0.3 is 5.32 Å². The molecule has 0 spiro atoms. The van der Waals surface area contributed by atoms with Crippen LogP contribution in [0.25, 0.3) is 0 Å². The highest BCUT2D eigenvalue weighted by Crippen LogP contribution is 2.23. The number of hydrogen-bond acceptors (Lipinski definition) is 3. The lowest BCUT2D eigenvalue weighted by molar-refractivity contribution is -0.118. The number of carbonyl (C=O) groups excluding carboxylic acids is 1. The van der Waals surface area contributed by atoms with Gasteiger partial charge in [-0.1, -0.05) is 43.2 Å². The summed E-state index contributed by atoms with van der Waals surface area (Å²) in [4.78, 5) is 14.3. The van der Waals surface area contributed by atoms with Gasteiger partial charge in [0.2, 0.25) is 5.91 Å². The summed E-state index contributed by atoms with van der Waals surface area (Å²) in [6, 6.07) is 10.9. The van der Waals surface area contributed by atoms with Crippen LogP contribution in [0.4, 0.5) is 0 Å². The highest BCUT2D eigenvalue weighted by atomic mass is 32.2. The lowest BCUT2D eigenvalue weighted by Crippen LogP contribution is -2.39. The van der Waals surface area contributed by atoms with Gasteiger partial charge in [0, 0.05) is 6.54 Å². The molecule has 1 aromatic rings. The zero-order chi connectivity index (χ0) is 14.9. The normalized spacial score (nSPS) is 18.0. The fourth-order valence-electron chi connectivity index (χ4n) is 2.93. The molecule has 116 valence electrons. The van der Waals surface area contributed by atoms with E-state index in [0.717, 1.165) is 13.1 Å². The molecule has 1 amide bonds. The van der Waals surface area contributed by atoms with Crippen molar-refractivity contribution in [1.29, 1.82) is 0 Å².